The summed E-state index contributed by atoms with van der Waals surface area (Å²) in [6.45, 7) is 0. The minimum absolute atomic E-state index is 0.0152. The summed E-state index contributed by atoms with van der Waals surface area (Å²) in [7, 11) is -3.81. The van der Waals surface area contributed by atoms with Gasteiger partial charge in [0, 0.05) is 0 Å². The Kier molecular flexibility index (Phi) is 2.77. The lowest BCUT2D eigenvalue weighted by molar-refractivity contribution is 0.343. The SMILES string of the molecule is [O]c1ccccc1S(=O)(=O)c1ccc(O)cc1. The quantitative estimate of drug-likeness (QED) is 0.887. The number of aromatic hydroxyl groups is 1. The number of rotatable bonds is 2. The zero-order valence-corrected chi connectivity index (χ0v) is 9.52. The molecule has 0 spiro atoms. The van der Waals surface area contributed by atoms with Gasteiger partial charge in [-0.25, -0.2) is 8.42 Å². The van der Waals surface area contributed by atoms with Crippen LogP contribution in [0.25, 0.3) is 0 Å². The molecule has 0 aliphatic heterocycles. The molecule has 0 heterocycles. The molecule has 1 N–H and O–H groups in total. The number of phenols is 1. The molecule has 0 unspecified atom stereocenters. The Morgan fingerprint density at radius 1 is 0.882 bits per heavy atom. The Hall–Kier alpha value is -2.01. The number of hydrogen-bond donors (Lipinski definition) is 1. The summed E-state index contributed by atoms with van der Waals surface area (Å²) in [5.74, 6) is -0.570. The van der Waals surface area contributed by atoms with Crippen molar-refractivity contribution in [1.29, 1.82) is 0 Å². The first kappa shape index (κ1) is 11.5. The molecule has 0 saturated heterocycles. The van der Waals surface area contributed by atoms with E-state index in [1.54, 1.807) is 0 Å². The molecular formula is C12H9O4S. The van der Waals surface area contributed by atoms with Crippen molar-refractivity contribution in [3.63, 3.8) is 0 Å². The van der Waals surface area contributed by atoms with Crippen LogP contribution in [0.2, 0.25) is 0 Å². The molecule has 0 aliphatic rings. The van der Waals surface area contributed by atoms with Crippen molar-refractivity contribution in [3.05, 3.63) is 48.5 Å². The fraction of sp³-hybridized carbons (Fsp3) is 0. The van der Waals surface area contributed by atoms with Gasteiger partial charge in [-0.15, -0.1) is 0 Å². The maximum absolute atomic E-state index is 12.1. The number of benzene rings is 2. The lowest BCUT2D eigenvalue weighted by atomic mass is 10.3. The van der Waals surface area contributed by atoms with Crippen LogP contribution in [0.5, 0.6) is 11.5 Å². The predicted molar refractivity (Wildman–Crippen MR) is 60.1 cm³/mol. The van der Waals surface area contributed by atoms with E-state index in [4.69, 9.17) is 5.11 Å². The van der Waals surface area contributed by atoms with Crippen molar-refractivity contribution in [1.82, 2.24) is 0 Å². The lowest BCUT2D eigenvalue weighted by Crippen LogP contribution is -2.01. The third-order valence-corrected chi connectivity index (χ3v) is 4.09. The summed E-state index contributed by atoms with van der Waals surface area (Å²) >= 11 is 0. The minimum Gasteiger partial charge on any atom is -0.508 e. The first-order valence-corrected chi connectivity index (χ1v) is 6.30. The van der Waals surface area contributed by atoms with Gasteiger partial charge in [-0.2, -0.15) is 0 Å². The van der Waals surface area contributed by atoms with Gasteiger partial charge in [-0.3, -0.25) is 5.11 Å². The van der Waals surface area contributed by atoms with Crippen LogP contribution in [0.15, 0.2) is 58.3 Å². The van der Waals surface area contributed by atoms with Crippen LogP contribution in [0.1, 0.15) is 0 Å². The monoisotopic (exact) mass is 249 g/mol. The van der Waals surface area contributed by atoms with Crippen LogP contribution in [0.3, 0.4) is 0 Å². The van der Waals surface area contributed by atoms with Crippen molar-refractivity contribution >= 4 is 9.84 Å². The zero-order chi connectivity index (χ0) is 12.5. The van der Waals surface area contributed by atoms with Gasteiger partial charge in [0.05, 0.1) is 4.90 Å². The molecule has 17 heavy (non-hydrogen) atoms. The van der Waals surface area contributed by atoms with Gasteiger partial charge < -0.3 is 5.11 Å². The minimum atomic E-state index is -3.81. The second kappa shape index (κ2) is 4.10. The van der Waals surface area contributed by atoms with Crippen LogP contribution in [-0.4, -0.2) is 13.5 Å². The third kappa shape index (κ3) is 2.09. The molecule has 1 radical (unpaired) electrons. The van der Waals surface area contributed by atoms with Crippen LogP contribution >= 0.6 is 0 Å². The first-order chi connectivity index (χ1) is 8.01. The van der Waals surface area contributed by atoms with Gasteiger partial charge in [-0.1, -0.05) is 12.1 Å². The summed E-state index contributed by atoms with van der Waals surface area (Å²) in [5, 5.41) is 20.6. The van der Waals surface area contributed by atoms with Crippen molar-refractivity contribution in [3.8, 4) is 11.5 Å². The van der Waals surface area contributed by atoms with E-state index in [1.165, 1.54) is 48.5 Å². The van der Waals surface area contributed by atoms with Crippen molar-refractivity contribution in [2.24, 2.45) is 0 Å². The molecule has 2 aromatic carbocycles. The molecule has 0 aliphatic carbocycles. The van der Waals surface area contributed by atoms with E-state index in [0.29, 0.717) is 0 Å². The molecule has 4 nitrogen and oxygen atoms in total. The molecular weight excluding hydrogens is 240 g/mol. The van der Waals surface area contributed by atoms with E-state index < -0.39 is 15.6 Å². The Bertz CT molecular complexity index is 630. The van der Waals surface area contributed by atoms with Gasteiger partial charge in [0.15, 0.2) is 5.75 Å². The predicted octanol–water partition coefficient (Wildman–Crippen LogP) is 2.37. The van der Waals surface area contributed by atoms with Crippen molar-refractivity contribution in [2.75, 3.05) is 0 Å². The van der Waals surface area contributed by atoms with Gasteiger partial charge in [-0.05, 0) is 36.4 Å². The maximum atomic E-state index is 12.1. The molecule has 87 valence electrons. The normalized spacial score (nSPS) is 11.3. The summed E-state index contributed by atoms with van der Waals surface area (Å²) in [6, 6.07) is 10.5. The average molecular weight is 249 g/mol. The number of sulfone groups is 1. The molecule has 2 aromatic rings. The van der Waals surface area contributed by atoms with Gasteiger partial charge in [0.25, 0.3) is 0 Å². The van der Waals surface area contributed by atoms with E-state index in [9.17, 15) is 13.5 Å². The van der Waals surface area contributed by atoms with Gasteiger partial charge in [0.2, 0.25) is 9.84 Å². The Morgan fingerprint density at radius 2 is 1.47 bits per heavy atom. The van der Waals surface area contributed by atoms with E-state index in [2.05, 4.69) is 0 Å². The fourth-order valence-corrected chi connectivity index (χ4v) is 2.76. The lowest BCUT2D eigenvalue weighted by Gasteiger charge is -2.04. The number of phenolic OH excluding ortho intramolecular Hbond substituents is 1. The van der Waals surface area contributed by atoms with Crippen LogP contribution in [-0.2, 0) is 14.9 Å². The fourth-order valence-electron chi connectivity index (χ4n) is 1.42. The van der Waals surface area contributed by atoms with E-state index >= 15 is 0 Å². The highest BCUT2D eigenvalue weighted by Crippen LogP contribution is 2.29. The summed E-state index contributed by atoms with van der Waals surface area (Å²) < 4.78 is 24.2. The molecule has 0 saturated carbocycles. The van der Waals surface area contributed by atoms with Crippen LogP contribution < -0.4 is 0 Å². The van der Waals surface area contributed by atoms with Gasteiger partial charge in [0.1, 0.15) is 10.6 Å². The Balaban J connectivity index is 2.58. The molecule has 0 aromatic heterocycles. The molecule has 5 heteroatoms. The highest BCUT2D eigenvalue weighted by molar-refractivity contribution is 7.91. The molecule has 0 amide bonds. The smallest absolute Gasteiger partial charge is 0.210 e. The molecule has 0 fully saturated rings. The topological polar surface area (TPSA) is 74.3 Å². The maximum Gasteiger partial charge on any atom is 0.210 e. The largest absolute Gasteiger partial charge is 0.508 e. The second-order valence-corrected chi connectivity index (χ2v) is 5.36. The van der Waals surface area contributed by atoms with Crippen molar-refractivity contribution in [2.45, 2.75) is 9.79 Å². The standard InChI is InChI=1S/C12H9O4S/c13-9-5-7-10(8-6-9)17(15,16)12-4-2-1-3-11(12)14/h1-8,13H. The van der Waals surface area contributed by atoms with Gasteiger partial charge >= 0.3 is 0 Å². The Morgan fingerprint density at radius 3 is 2.06 bits per heavy atom. The summed E-state index contributed by atoms with van der Waals surface area (Å²) in [6.07, 6.45) is 0. The highest BCUT2D eigenvalue weighted by Gasteiger charge is 2.21. The molecule has 0 bridgehead atoms. The molecule has 2 rings (SSSR count). The molecule has 0 atom stereocenters. The summed E-state index contributed by atoms with van der Waals surface area (Å²) in [5.41, 5.74) is 0. The van der Waals surface area contributed by atoms with Crippen LogP contribution in [0.4, 0.5) is 0 Å². The zero-order valence-electron chi connectivity index (χ0n) is 8.70. The van der Waals surface area contributed by atoms with E-state index in [-0.39, 0.29) is 15.5 Å². The second-order valence-electron chi connectivity index (χ2n) is 3.44. The summed E-state index contributed by atoms with van der Waals surface area (Å²) in [4.78, 5) is -0.274. The first-order valence-electron chi connectivity index (χ1n) is 4.82. The third-order valence-electron chi connectivity index (χ3n) is 2.29. The van der Waals surface area contributed by atoms with Crippen LogP contribution in [0, 0.1) is 0 Å². The Labute approximate surface area is 98.7 Å². The number of para-hydroxylation sites is 1. The van der Waals surface area contributed by atoms with E-state index in [0.717, 1.165) is 0 Å². The van der Waals surface area contributed by atoms with Crippen molar-refractivity contribution < 1.29 is 18.6 Å². The average Bonchev–Trinajstić information content (AvgIpc) is 2.30. The van der Waals surface area contributed by atoms with E-state index in [1.807, 2.05) is 0 Å². The number of hydrogen-bond acceptors (Lipinski definition) is 3. The highest BCUT2D eigenvalue weighted by atomic mass is 32.2.